The largest absolute Gasteiger partial charge is 0.481 e. The number of hydrogen-bond donors (Lipinski definition) is 2. The Bertz CT molecular complexity index is 256. The first-order chi connectivity index (χ1) is 7.08. The lowest BCUT2D eigenvalue weighted by Gasteiger charge is -2.06. The van der Waals surface area contributed by atoms with E-state index < -0.39 is 11.9 Å². The summed E-state index contributed by atoms with van der Waals surface area (Å²) >= 11 is 0. The summed E-state index contributed by atoms with van der Waals surface area (Å²) in [6.45, 7) is 0. The summed E-state index contributed by atoms with van der Waals surface area (Å²) in [4.78, 5) is 21.1. The van der Waals surface area contributed by atoms with Crippen molar-refractivity contribution in [1.82, 2.24) is 0 Å². The summed E-state index contributed by atoms with van der Waals surface area (Å²) in [5, 5.41) is 17.3. The van der Waals surface area contributed by atoms with E-state index in [1.807, 2.05) is 6.08 Å². The number of hydrogen-bond acceptors (Lipinski definition) is 2. The van der Waals surface area contributed by atoms with Crippen LogP contribution in [0.5, 0.6) is 0 Å². The van der Waals surface area contributed by atoms with Crippen molar-refractivity contribution in [2.75, 3.05) is 0 Å². The molecule has 4 heteroatoms. The van der Waals surface area contributed by atoms with Gasteiger partial charge in [0, 0.05) is 0 Å². The average Bonchev–Trinajstić information content (AvgIpc) is 2.53. The fourth-order valence-corrected chi connectivity index (χ4v) is 2.03. The Labute approximate surface area is 88.6 Å². The van der Waals surface area contributed by atoms with Gasteiger partial charge in [0.1, 0.15) is 0 Å². The molecule has 1 aliphatic rings. The molecule has 0 aromatic heterocycles. The summed E-state index contributed by atoms with van der Waals surface area (Å²) in [6, 6.07) is 0. The van der Waals surface area contributed by atoms with Crippen molar-refractivity contribution in [1.29, 1.82) is 0 Å². The van der Waals surface area contributed by atoms with E-state index in [-0.39, 0.29) is 12.8 Å². The van der Waals surface area contributed by atoms with Gasteiger partial charge in [-0.3, -0.25) is 9.59 Å². The number of carboxylic acids is 2. The Morgan fingerprint density at radius 3 is 1.93 bits per heavy atom. The van der Waals surface area contributed by atoms with E-state index in [2.05, 4.69) is 0 Å². The van der Waals surface area contributed by atoms with Crippen molar-refractivity contribution in [2.45, 2.75) is 38.5 Å². The van der Waals surface area contributed by atoms with E-state index in [1.165, 1.54) is 0 Å². The summed E-state index contributed by atoms with van der Waals surface area (Å²) < 4.78 is 0. The van der Waals surface area contributed by atoms with Gasteiger partial charge in [0.15, 0.2) is 0 Å². The van der Waals surface area contributed by atoms with Crippen molar-refractivity contribution in [3.8, 4) is 0 Å². The molecule has 1 rings (SSSR count). The molecule has 0 unspecified atom stereocenters. The Kier molecular flexibility index (Phi) is 4.34. The third-order valence-electron chi connectivity index (χ3n) is 2.63. The lowest BCUT2D eigenvalue weighted by molar-refractivity contribution is -0.136. The van der Waals surface area contributed by atoms with Crippen LogP contribution in [0.4, 0.5) is 0 Å². The van der Waals surface area contributed by atoms with Crippen molar-refractivity contribution in [3.63, 3.8) is 0 Å². The molecule has 0 aromatic rings. The van der Waals surface area contributed by atoms with Crippen LogP contribution in [-0.2, 0) is 9.59 Å². The molecule has 0 aromatic carbocycles. The third-order valence-corrected chi connectivity index (χ3v) is 2.63. The van der Waals surface area contributed by atoms with E-state index in [0.717, 1.165) is 25.7 Å². The average molecular weight is 212 g/mol. The summed E-state index contributed by atoms with van der Waals surface area (Å²) in [5.74, 6) is -1.53. The zero-order valence-electron chi connectivity index (χ0n) is 8.61. The highest BCUT2D eigenvalue weighted by Crippen LogP contribution is 2.28. The zero-order valence-corrected chi connectivity index (χ0v) is 8.61. The molecule has 0 bridgehead atoms. The molecule has 4 nitrogen and oxygen atoms in total. The maximum Gasteiger partial charge on any atom is 0.307 e. The maximum absolute atomic E-state index is 10.5. The van der Waals surface area contributed by atoms with Crippen LogP contribution in [0.25, 0.3) is 0 Å². The SMILES string of the molecule is O=C(O)CC(=CC1CCCC1)CC(=O)O. The van der Waals surface area contributed by atoms with Gasteiger partial charge in [0.05, 0.1) is 12.8 Å². The van der Waals surface area contributed by atoms with Gasteiger partial charge in [0.2, 0.25) is 0 Å². The Morgan fingerprint density at radius 2 is 1.53 bits per heavy atom. The fraction of sp³-hybridized carbons (Fsp3) is 0.636. The molecular formula is C11H16O4. The fourth-order valence-electron chi connectivity index (χ4n) is 2.03. The van der Waals surface area contributed by atoms with Crippen molar-refractivity contribution in [2.24, 2.45) is 5.92 Å². The van der Waals surface area contributed by atoms with E-state index >= 15 is 0 Å². The highest BCUT2D eigenvalue weighted by atomic mass is 16.4. The molecule has 1 saturated carbocycles. The van der Waals surface area contributed by atoms with Gasteiger partial charge in [-0.1, -0.05) is 24.5 Å². The first kappa shape index (κ1) is 11.8. The molecular weight excluding hydrogens is 196 g/mol. The van der Waals surface area contributed by atoms with E-state index in [0.29, 0.717) is 11.5 Å². The second-order valence-electron chi connectivity index (χ2n) is 4.01. The highest BCUT2D eigenvalue weighted by Gasteiger charge is 2.15. The molecule has 0 heterocycles. The molecule has 0 aliphatic heterocycles. The number of carboxylic acid groups (broad SMARTS) is 2. The first-order valence-corrected chi connectivity index (χ1v) is 5.21. The van der Waals surface area contributed by atoms with Gasteiger partial charge in [-0.2, -0.15) is 0 Å². The van der Waals surface area contributed by atoms with Crippen LogP contribution >= 0.6 is 0 Å². The van der Waals surface area contributed by atoms with E-state index in [9.17, 15) is 9.59 Å². The predicted octanol–water partition coefficient (Wildman–Crippen LogP) is 2.05. The van der Waals surface area contributed by atoms with E-state index in [1.54, 1.807) is 0 Å². The molecule has 0 radical (unpaired) electrons. The van der Waals surface area contributed by atoms with Gasteiger partial charge in [0.25, 0.3) is 0 Å². The minimum Gasteiger partial charge on any atom is -0.481 e. The minimum absolute atomic E-state index is 0.150. The van der Waals surface area contributed by atoms with Crippen molar-refractivity contribution in [3.05, 3.63) is 11.6 Å². The van der Waals surface area contributed by atoms with Gasteiger partial charge < -0.3 is 10.2 Å². The van der Waals surface area contributed by atoms with Crippen molar-refractivity contribution < 1.29 is 19.8 Å². The summed E-state index contributed by atoms with van der Waals surface area (Å²) in [6.07, 6.45) is 6.00. The van der Waals surface area contributed by atoms with Crippen LogP contribution in [0, 0.1) is 5.92 Å². The lowest BCUT2D eigenvalue weighted by Crippen LogP contribution is -2.05. The molecule has 1 fully saturated rings. The molecule has 2 N–H and O–H groups in total. The minimum atomic E-state index is -0.958. The van der Waals surface area contributed by atoms with Gasteiger partial charge in [-0.15, -0.1) is 0 Å². The number of allylic oxidation sites excluding steroid dienone is 1. The van der Waals surface area contributed by atoms with Crippen molar-refractivity contribution >= 4 is 11.9 Å². The molecule has 84 valence electrons. The predicted molar refractivity (Wildman–Crippen MR) is 54.5 cm³/mol. The second kappa shape index (κ2) is 5.53. The standard InChI is InChI=1S/C11H16O4/c12-10(13)6-9(7-11(14)15)5-8-3-1-2-4-8/h5,8H,1-4,6-7H2,(H,12,13)(H,14,15). The van der Waals surface area contributed by atoms with Gasteiger partial charge >= 0.3 is 11.9 Å². The quantitative estimate of drug-likeness (QED) is 0.684. The summed E-state index contributed by atoms with van der Waals surface area (Å²) in [7, 11) is 0. The number of carbonyl (C=O) groups is 2. The van der Waals surface area contributed by atoms with Crippen LogP contribution in [0.15, 0.2) is 11.6 Å². The normalized spacial score (nSPS) is 16.3. The van der Waals surface area contributed by atoms with E-state index in [4.69, 9.17) is 10.2 Å². The molecule has 0 atom stereocenters. The first-order valence-electron chi connectivity index (χ1n) is 5.21. The van der Waals surface area contributed by atoms with Gasteiger partial charge in [-0.05, 0) is 18.8 Å². The smallest absolute Gasteiger partial charge is 0.307 e. The molecule has 1 aliphatic carbocycles. The Hall–Kier alpha value is -1.32. The monoisotopic (exact) mass is 212 g/mol. The Balaban J connectivity index is 2.60. The summed E-state index contributed by atoms with van der Waals surface area (Å²) in [5.41, 5.74) is 0.530. The lowest BCUT2D eigenvalue weighted by atomic mass is 10.00. The molecule has 0 spiro atoms. The zero-order chi connectivity index (χ0) is 11.3. The van der Waals surface area contributed by atoms with Crippen LogP contribution in [0.2, 0.25) is 0 Å². The number of rotatable bonds is 5. The van der Waals surface area contributed by atoms with Crippen LogP contribution < -0.4 is 0 Å². The van der Waals surface area contributed by atoms with Crippen LogP contribution in [0.1, 0.15) is 38.5 Å². The second-order valence-corrected chi connectivity index (χ2v) is 4.01. The maximum atomic E-state index is 10.5. The molecule has 0 amide bonds. The molecule has 0 saturated heterocycles. The topological polar surface area (TPSA) is 74.6 Å². The number of aliphatic carboxylic acids is 2. The highest BCUT2D eigenvalue weighted by molar-refractivity contribution is 5.75. The molecule has 15 heavy (non-hydrogen) atoms. The van der Waals surface area contributed by atoms with Gasteiger partial charge in [-0.25, -0.2) is 0 Å². The third kappa shape index (κ3) is 4.63. The Morgan fingerprint density at radius 1 is 1.07 bits per heavy atom. The van der Waals surface area contributed by atoms with Crippen LogP contribution in [-0.4, -0.2) is 22.2 Å². The van der Waals surface area contributed by atoms with Crippen LogP contribution in [0.3, 0.4) is 0 Å².